The standard InChI is InChI=1S/C23H37N3O4S/c1-16(2)18(14-19(24)20(27)15-26-23-25-8-11-31-23)12-17-6-7-21(29-4)22(13-17)30-10-5-9-28-3/h6-8,11,13,16,18-20,27H,5,9-10,12,14-15,24H2,1-4H3,(H,25,26)/t18-,19-,20-/m0/s1. The van der Waals surface area contributed by atoms with Gasteiger partial charge in [0.15, 0.2) is 16.6 Å². The minimum Gasteiger partial charge on any atom is -0.493 e. The highest BCUT2D eigenvalue weighted by molar-refractivity contribution is 7.13. The Morgan fingerprint density at radius 1 is 1.19 bits per heavy atom. The Kier molecular flexibility index (Phi) is 11.1. The molecule has 1 aromatic heterocycles. The molecule has 0 radical (unpaired) electrons. The van der Waals surface area contributed by atoms with Crippen LogP contribution in [0, 0.1) is 11.8 Å². The van der Waals surface area contributed by atoms with E-state index in [4.69, 9.17) is 19.9 Å². The monoisotopic (exact) mass is 451 g/mol. The number of nitrogens with one attached hydrogen (secondary N) is 1. The first kappa shape index (κ1) is 25.4. The number of anilines is 1. The van der Waals surface area contributed by atoms with Crippen LogP contribution in [-0.4, -0.2) is 56.2 Å². The molecule has 0 bridgehead atoms. The molecule has 4 N–H and O–H groups in total. The van der Waals surface area contributed by atoms with Crippen LogP contribution in [0.4, 0.5) is 5.13 Å². The van der Waals surface area contributed by atoms with Crippen LogP contribution in [0.2, 0.25) is 0 Å². The van der Waals surface area contributed by atoms with Gasteiger partial charge in [-0.15, -0.1) is 11.3 Å². The lowest BCUT2D eigenvalue weighted by Gasteiger charge is -2.27. The predicted octanol–water partition coefficient (Wildman–Crippen LogP) is 3.57. The van der Waals surface area contributed by atoms with Gasteiger partial charge in [0.25, 0.3) is 0 Å². The van der Waals surface area contributed by atoms with Crippen LogP contribution < -0.4 is 20.5 Å². The van der Waals surface area contributed by atoms with Crippen molar-refractivity contribution in [2.75, 3.05) is 39.3 Å². The summed E-state index contributed by atoms with van der Waals surface area (Å²) in [6.07, 6.45) is 3.50. The van der Waals surface area contributed by atoms with Gasteiger partial charge in [0.05, 0.1) is 19.8 Å². The van der Waals surface area contributed by atoms with E-state index in [-0.39, 0.29) is 6.04 Å². The van der Waals surface area contributed by atoms with E-state index in [0.29, 0.717) is 31.6 Å². The Hall–Kier alpha value is -1.87. The van der Waals surface area contributed by atoms with E-state index in [0.717, 1.165) is 35.9 Å². The minimum absolute atomic E-state index is 0.317. The third-order valence-corrected chi connectivity index (χ3v) is 6.11. The first-order chi connectivity index (χ1) is 14.9. The minimum atomic E-state index is -0.638. The van der Waals surface area contributed by atoms with E-state index in [1.807, 2.05) is 17.5 Å². The van der Waals surface area contributed by atoms with Gasteiger partial charge in [-0.1, -0.05) is 19.9 Å². The molecule has 7 nitrogen and oxygen atoms in total. The largest absolute Gasteiger partial charge is 0.493 e. The third kappa shape index (κ3) is 8.65. The van der Waals surface area contributed by atoms with Gasteiger partial charge in [0.1, 0.15) is 0 Å². The lowest BCUT2D eigenvalue weighted by molar-refractivity contribution is 0.137. The maximum Gasteiger partial charge on any atom is 0.182 e. The molecule has 2 rings (SSSR count). The van der Waals surface area contributed by atoms with Crippen molar-refractivity contribution in [2.45, 2.75) is 45.3 Å². The molecule has 1 heterocycles. The molecule has 0 fully saturated rings. The molecule has 0 unspecified atom stereocenters. The number of aliphatic hydroxyl groups is 1. The van der Waals surface area contributed by atoms with Crippen LogP contribution in [0.15, 0.2) is 29.8 Å². The van der Waals surface area contributed by atoms with Gasteiger partial charge in [-0.05, 0) is 42.4 Å². The number of benzene rings is 1. The quantitative estimate of drug-likeness (QED) is 0.356. The number of nitrogens with zero attached hydrogens (tertiary/aromatic N) is 1. The number of aromatic nitrogens is 1. The highest BCUT2D eigenvalue weighted by Crippen LogP contribution is 2.31. The fraction of sp³-hybridized carbons (Fsp3) is 0.609. The molecule has 174 valence electrons. The summed E-state index contributed by atoms with van der Waals surface area (Å²) in [7, 11) is 3.33. The van der Waals surface area contributed by atoms with Crippen molar-refractivity contribution in [3.63, 3.8) is 0 Å². The molecule has 0 aliphatic carbocycles. The fourth-order valence-corrected chi connectivity index (χ4v) is 3.94. The Morgan fingerprint density at radius 2 is 2.00 bits per heavy atom. The van der Waals surface area contributed by atoms with Gasteiger partial charge in [-0.2, -0.15) is 0 Å². The van der Waals surface area contributed by atoms with Gasteiger partial charge < -0.3 is 30.4 Å². The van der Waals surface area contributed by atoms with Crippen LogP contribution in [0.3, 0.4) is 0 Å². The van der Waals surface area contributed by atoms with Crippen molar-refractivity contribution in [3.8, 4) is 11.5 Å². The summed E-state index contributed by atoms with van der Waals surface area (Å²) in [5.41, 5.74) is 7.53. The molecule has 8 heteroatoms. The molecular weight excluding hydrogens is 414 g/mol. The van der Waals surface area contributed by atoms with Crippen LogP contribution >= 0.6 is 11.3 Å². The number of hydrogen-bond donors (Lipinski definition) is 3. The number of hydrogen-bond acceptors (Lipinski definition) is 8. The molecule has 0 saturated heterocycles. The second kappa shape index (κ2) is 13.5. The second-order valence-electron chi connectivity index (χ2n) is 8.07. The summed E-state index contributed by atoms with van der Waals surface area (Å²) in [4.78, 5) is 4.17. The Balaban J connectivity index is 1.96. The number of methoxy groups -OCH3 is 2. The summed E-state index contributed by atoms with van der Waals surface area (Å²) in [6, 6.07) is 5.75. The number of rotatable bonds is 15. The molecule has 2 aromatic rings. The van der Waals surface area contributed by atoms with Crippen molar-refractivity contribution < 1.29 is 19.3 Å². The van der Waals surface area contributed by atoms with Gasteiger partial charge in [-0.25, -0.2) is 4.98 Å². The average molecular weight is 452 g/mol. The van der Waals surface area contributed by atoms with Crippen LogP contribution in [-0.2, 0) is 11.2 Å². The lowest BCUT2D eigenvalue weighted by atomic mass is 9.83. The number of thiazole rings is 1. The smallest absolute Gasteiger partial charge is 0.182 e. The van der Waals surface area contributed by atoms with Crippen molar-refractivity contribution in [1.82, 2.24) is 4.98 Å². The predicted molar refractivity (Wildman–Crippen MR) is 126 cm³/mol. The molecule has 0 spiro atoms. The molecule has 1 aromatic carbocycles. The van der Waals surface area contributed by atoms with E-state index >= 15 is 0 Å². The Labute approximate surface area is 189 Å². The highest BCUT2D eigenvalue weighted by atomic mass is 32.1. The number of aliphatic hydroxyl groups excluding tert-OH is 1. The first-order valence-corrected chi connectivity index (χ1v) is 11.7. The molecule has 3 atom stereocenters. The zero-order valence-electron chi connectivity index (χ0n) is 19.0. The number of ether oxygens (including phenoxy) is 3. The maximum absolute atomic E-state index is 10.5. The van der Waals surface area contributed by atoms with Crippen LogP contribution in [0.5, 0.6) is 11.5 Å². The summed E-state index contributed by atoms with van der Waals surface area (Å²) >= 11 is 1.51. The first-order valence-electron chi connectivity index (χ1n) is 10.8. The Bertz CT molecular complexity index is 742. The Morgan fingerprint density at radius 3 is 2.65 bits per heavy atom. The summed E-state index contributed by atoms with van der Waals surface area (Å²) in [5.74, 6) is 2.23. The van der Waals surface area contributed by atoms with Gasteiger partial charge in [0, 0.05) is 44.3 Å². The molecule has 31 heavy (non-hydrogen) atoms. The highest BCUT2D eigenvalue weighted by Gasteiger charge is 2.23. The second-order valence-corrected chi connectivity index (χ2v) is 8.97. The number of nitrogens with two attached hydrogens (primary N) is 1. The van der Waals surface area contributed by atoms with Gasteiger partial charge in [0.2, 0.25) is 0 Å². The van der Waals surface area contributed by atoms with Gasteiger partial charge in [-0.3, -0.25) is 0 Å². The SMILES string of the molecule is COCCCOc1cc(C[C@@H](C[C@H](N)[C@@H](O)CNc2nccs2)C(C)C)ccc1OC. The van der Waals surface area contributed by atoms with Gasteiger partial charge >= 0.3 is 0 Å². The van der Waals surface area contributed by atoms with Crippen molar-refractivity contribution >= 4 is 16.5 Å². The summed E-state index contributed by atoms with van der Waals surface area (Å²) in [5, 5.41) is 16.3. The zero-order chi connectivity index (χ0) is 22.6. The van der Waals surface area contributed by atoms with Crippen LogP contribution in [0.25, 0.3) is 0 Å². The zero-order valence-corrected chi connectivity index (χ0v) is 19.9. The maximum atomic E-state index is 10.5. The average Bonchev–Trinajstić information content (AvgIpc) is 3.28. The summed E-state index contributed by atoms with van der Waals surface area (Å²) < 4.78 is 16.4. The van der Waals surface area contributed by atoms with Crippen molar-refractivity contribution in [3.05, 3.63) is 35.3 Å². The van der Waals surface area contributed by atoms with E-state index < -0.39 is 6.10 Å². The molecule has 0 aliphatic heterocycles. The fourth-order valence-electron chi connectivity index (χ4n) is 3.40. The van der Waals surface area contributed by atoms with E-state index in [9.17, 15) is 5.11 Å². The van der Waals surface area contributed by atoms with E-state index in [1.54, 1.807) is 20.4 Å². The topological polar surface area (TPSA) is 98.9 Å². The normalized spacial score (nSPS) is 14.3. The molecule has 0 amide bonds. The molecular formula is C23H37N3O4S. The van der Waals surface area contributed by atoms with Crippen LogP contribution in [0.1, 0.15) is 32.3 Å². The summed E-state index contributed by atoms with van der Waals surface area (Å²) in [6.45, 7) is 6.02. The molecule has 0 saturated carbocycles. The van der Waals surface area contributed by atoms with E-state index in [2.05, 4.69) is 30.2 Å². The van der Waals surface area contributed by atoms with E-state index in [1.165, 1.54) is 16.9 Å². The molecule has 0 aliphatic rings. The third-order valence-electron chi connectivity index (χ3n) is 5.38. The lowest BCUT2D eigenvalue weighted by Crippen LogP contribution is -2.41. The van der Waals surface area contributed by atoms with Crippen molar-refractivity contribution in [1.29, 1.82) is 0 Å². The van der Waals surface area contributed by atoms with Crippen molar-refractivity contribution in [2.24, 2.45) is 17.6 Å².